The van der Waals surface area contributed by atoms with Crippen LogP contribution in [0.4, 0.5) is 0 Å². The van der Waals surface area contributed by atoms with E-state index in [9.17, 15) is 19.8 Å². The molecule has 28 heavy (non-hydrogen) atoms. The zero-order chi connectivity index (χ0) is 20.5. The van der Waals surface area contributed by atoms with E-state index in [-0.39, 0.29) is 11.1 Å². The highest BCUT2D eigenvalue weighted by molar-refractivity contribution is 6.09. The number of rotatable bonds is 12. The van der Waals surface area contributed by atoms with Crippen molar-refractivity contribution >= 4 is 22.7 Å². The number of fused-ring (bicyclic) bond motifs is 1. The molecular formula is C24H32O4. The monoisotopic (exact) mass is 384 g/mol. The smallest absolute Gasteiger partial charge is 0.336 e. The molecule has 0 spiro atoms. The molecule has 0 aliphatic heterocycles. The van der Waals surface area contributed by atoms with E-state index in [0.29, 0.717) is 22.8 Å². The molecule has 0 heterocycles. The number of carboxylic acid groups (broad SMARTS) is 2. The van der Waals surface area contributed by atoms with Gasteiger partial charge in [0, 0.05) is 0 Å². The molecule has 4 heteroatoms. The first kappa shape index (κ1) is 21.9. The summed E-state index contributed by atoms with van der Waals surface area (Å²) in [5, 5.41) is 20.9. The summed E-state index contributed by atoms with van der Waals surface area (Å²) >= 11 is 0. The van der Waals surface area contributed by atoms with Crippen molar-refractivity contribution in [1.29, 1.82) is 0 Å². The summed E-state index contributed by atoms with van der Waals surface area (Å²) in [7, 11) is 0. The van der Waals surface area contributed by atoms with Gasteiger partial charge in [0.1, 0.15) is 0 Å². The van der Waals surface area contributed by atoms with E-state index in [2.05, 4.69) is 13.8 Å². The second-order valence-corrected chi connectivity index (χ2v) is 7.56. The van der Waals surface area contributed by atoms with Crippen molar-refractivity contribution < 1.29 is 19.8 Å². The van der Waals surface area contributed by atoms with E-state index < -0.39 is 11.9 Å². The Hall–Kier alpha value is -2.36. The van der Waals surface area contributed by atoms with Crippen molar-refractivity contribution in [2.24, 2.45) is 0 Å². The molecular weight excluding hydrogens is 352 g/mol. The molecule has 0 saturated carbocycles. The normalized spacial score (nSPS) is 11.1. The number of carbonyl (C=O) groups is 2. The van der Waals surface area contributed by atoms with E-state index in [4.69, 9.17) is 0 Å². The Morgan fingerprint density at radius 3 is 2.00 bits per heavy atom. The predicted octanol–water partition coefficient (Wildman–Crippen LogP) is 6.48. The van der Waals surface area contributed by atoms with Crippen LogP contribution in [0.25, 0.3) is 10.8 Å². The molecule has 152 valence electrons. The first-order valence-corrected chi connectivity index (χ1v) is 10.5. The average Bonchev–Trinajstić information content (AvgIpc) is 2.67. The lowest BCUT2D eigenvalue weighted by atomic mass is 9.89. The predicted molar refractivity (Wildman–Crippen MR) is 114 cm³/mol. The second kappa shape index (κ2) is 10.8. The van der Waals surface area contributed by atoms with Gasteiger partial charge in [-0.25, -0.2) is 9.59 Å². The molecule has 2 rings (SSSR count). The highest BCUT2D eigenvalue weighted by Crippen LogP contribution is 2.29. The highest BCUT2D eigenvalue weighted by atomic mass is 16.4. The van der Waals surface area contributed by atoms with Crippen LogP contribution in [0.2, 0.25) is 0 Å². The molecule has 2 aromatic rings. The van der Waals surface area contributed by atoms with E-state index in [1.165, 1.54) is 19.3 Å². The van der Waals surface area contributed by atoms with Crippen molar-refractivity contribution in [3.05, 3.63) is 46.5 Å². The molecule has 0 atom stereocenters. The van der Waals surface area contributed by atoms with Gasteiger partial charge in [-0.1, -0.05) is 70.6 Å². The van der Waals surface area contributed by atoms with Crippen molar-refractivity contribution in [1.82, 2.24) is 0 Å². The van der Waals surface area contributed by atoms with E-state index in [1.807, 2.05) is 18.2 Å². The van der Waals surface area contributed by atoms with E-state index in [0.717, 1.165) is 44.1 Å². The second-order valence-electron chi connectivity index (χ2n) is 7.56. The summed E-state index contributed by atoms with van der Waals surface area (Å²) in [4.78, 5) is 23.9. The number of carboxylic acids is 2. The van der Waals surface area contributed by atoms with Gasteiger partial charge in [0.25, 0.3) is 0 Å². The lowest BCUT2D eigenvalue weighted by molar-refractivity contribution is 0.0695. The fraction of sp³-hybridized carbons (Fsp3) is 0.500. The van der Waals surface area contributed by atoms with Crippen LogP contribution in [0.15, 0.2) is 24.3 Å². The molecule has 2 N–H and O–H groups in total. The number of unbranched alkanes of at least 4 members (excludes halogenated alkanes) is 6. The Kier molecular flexibility index (Phi) is 8.49. The maximum Gasteiger partial charge on any atom is 0.336 e. The van der Waals surface area contributed by atoms with Crippen LogP contribution < -0.4 is 0 Å². The minimum Gasteiger partial charge on any atom is -0.478 e. The Bertz CT molecular complexity index is 823. The fourth-order valence-electron chi connectivity index (χ4n) is 3.83. The number of aryl methyl sites for hydroxylation is 1. The van der Waals surface area contributed by atoms with Crippen LogP contribution in [0.1, 0.15) is 97.1 Å². The molecule has 0 saturated heterocycles. The number of hydrogen-bond donors (Lipinski definition) is 2. The molecule has 0 aromatic heterocycles. The van der Waals surface area contributed by atoms with Crippen molar-refractivity contribution in [2.45, 2.75) is 78.1 Å². The van der Waals surface area contributed by atoms with Gasteiger partial charge in [0.15, 0.2) is 0 Å². The van der Waals surface area contributed by atoms with Gasteiger partial charge in [-0.15, -0.1) is 0 Å². The van der Waals surface area contributed by atoms with Gasteiger partial charge in [-0.3, -0.25) is 0 Å². The van der Waals surface area contributed by atoms with Crippen molar-refractivity contribution in [3.8, 4) is 0 Å². The molecule has 0 aliphatic carbocycles. The van der Waals surface area contributed by atoms with Gasteiger partial charge >= 0.3 is 11.9 Å². The average molecular weight is 385 g/mol. The van der Waals surface area contributed by atoms with Crippen LogP contribution in [-0.4, -0.2) is 22.2 Å². The van der Waals surface area contributed by atoms with Gasteiger partial charge in [-0.2, -0.15) is 0 Å². The van der Waals surface area contributed by atoms with Crippen molar-refractivity contribution in [3.63, 3.8) is 0 Å². The first-order valence-electron chi connectivity index (χ1n) is 10.5. The molecule has 0 radical (unpaired) electrons. The summed E-state index contributed by atoms with van der Waals surface area (Å²) < 4.78 is 0. The Morgan fingerprint density at radius 1 is 0.786 bits per heavy atom. The van der Waals surface area contributed by atoms with Crippen LogP contribution in [0, 0.1) is 0 Å². The summed E-state index contributed by atoms with van der Waals surface area (Å²) in [5.41, 5.74) is 1.87. The highest BCUT2D eigenvalue weighted by Gasteiger charge is 2.22. The van der Waals surface area contributed by atoms with Gasteiger partial charge in [0.2, 0.25) is 0 Å². The Morgan fingerprint density at radius 2 is 1.43 bits per heavy atom. The number of aromatic carboxylic acids is 2. The number of hydrogen-bond acceptors (Lipinski definition) is 2. The Labute approximate surface area is 167 Å². The summed E-state index contributed by atoms with van der Waals surface area (Å²) in [5.74, 6) is -2.10. The van der Waals surface area contributed by atoms with Crippen LogP contribution in [-0.2, 0) is 12.8 Å². The molecule has 0 unspecified atom stereocenters. The topological polar surface area (TPSA) is 74.6 Å². The molecule has 0 amide bonds. The molecule has 4 nitrogen and oxygen atoms in total. The molecule has 2 aromatic carbocycles. The van der Waals surface area contributed by atoms with Crippen LogP contribution >= 0.6 is 0 Å². The minimum absolute atomic E-state index is 0.129. The molecule has 0 aliphatic rings. The summed E-state index contributed by atoms with van der Waals surface area (Å²) in [6, 6.07) is 7.47. The SMILES string of the molecule is CCCCCCc1ccc2c(C(=O)O)c(CCCCCC)c(C(=O)O)cc2c1. The van der Waals surface area contributed by atoms with Crippen LogP contribution in [0.5, 0.6) is 0 Å². The minimum atomic E-state index is -1.05. The third-order valence-electron chi connectivity index (χ3n) is 5.36. The summed E-state index contributed by atoms with van der Waals surface area (Å²) in [6.45, 7) is 4.29. The largest absolute Gasteiger partial charge is 0.478 e. The van der Waals surface area contributed by atoms with Crippen molar-refractivity contribution in [2.75, 3.05) is 0 Å². The number of benzene rings is 2. The zero-order valence-electron chi connectivity index (χ0n) is 17.1. The van der Waals surface area contributed by atoms with Gasteiger partial charge in [0.05, 0.1) is 11.1 Å². The quantitative estimate of drug-likeness (QED) is 0.411. The lowest BCUT2D eigenvalue weighted by Crippen LogP contribution is -2.11. The standard InChI is InChI=1S/C24H32O4/c1-3-5-7-9-11-17-13-14-19-18(15-17)16-21(23(25)26)20(22(19)24(27)28)12-10-8-6-4-2/h13-16H,3-12H2,1-2H3,(H,25,26)(H,27,28). The van der Waals surface area contributed by atoms with E-state index in [1.54, 1.807) is 6.07 Å². The Balaban J connectivity index is 2.44. The maximum atomic E-state index is 12.0. The third-order valence-corrected chi connectivity index (χ3v) is 5.36. The fourth-order valence-corrected chi connectivity index (χ4v) is 3.83. The van der Waals surface area contributed by atoms with Gasteiger partial charge in [-0.05, 0) is 53.6 Å². The van der Waals surface area contributed by atoms with E-state index >= 15 is 0 Å². The summed E-state index contributed by atoms with van der Waals surface area (Å²) in [6.07, 6.45) is 9.99. The lowest BCUT2D eigenvalue weighted by Gasteiger charge is -2.14. The van der Waals surface area contributed by atoms with Crippen LogP contribution in [0.3, 0.4) is 0 Å². The molecule has 0 bridgehead atoms. The third kappa shape index (κ3) is 5.57. The zero-order valence-corrected chi connectivity index (χ0v) is 17.1. The maximum absolute atomic E-state index is 12.0. The molecule has 0 fully saturated rings. The van der Waals surface area contributed by atoms with Gasteiger partial charge < -0.3 is 10.2 Å². The first-order chi connectivity index (χ1) is 13.5.